The van der Waals surface area contributed by atoms with Crippen LogP contribution in [0.5, 0.6) is 0 Å². The monoisotopic (exact) mass is 180 g/mol. The van der Waals surface area contributed by atoms with Gasteiger partial charge in [0.05, 0.1) is 6.20 Å². The van der Waals surface area contributed by atoms with Crippen LogP contribution in [0.15, 0.2) is 11.0 Å². The predicted molar refractivity (Wildman–Crippen MR) is 45.2 cm³/mol. The Labute approximate surface area is 73.0 Å². The highest BCUT2D eigenvalue weighted by atomic mass is 16.5. The molecule has 0 fully saturated rings. The van der Waals surface area contributed by atoms with E-state index < -0.39 is 0 Å². The zero-order chi connectivity index (χ0) is 9.26. The van der Waals surface area contributed by atoms with E-state index in [4.69, 9.17) is 4.74 Å². The Balaban J connectivity index is 2.63. The highest BCUT2D eigenvalue weighted by molar-refractivity contribution is 5.71. The fourth-order valence-electron chi connectivity index (χ4n) is 1.10. The van der Waals surface area contributed by atoms with Crippen molar-refractivity contribution in [2.75, 3.05) is 7.11 Å². The van der Waals surface area contributed by atoms with Crippen LogP contribution in [0.2, 0.25) is 0 Å². The Morgan fingerprint density at radius 3 is 3.23 bits per heavy atom. The Bertz CT molecular complexity index is 473. The van der Waals surface area contributed by atoms with Gasteiger partial charge in [0, 0.05) is 7.11 Å². The summed E-state index contributed by atoms with van der Waals surface area (Å²) in [6.07, 6.45) is 1.44. The molecule has 13 heavy (non-hydrogen) atoms. The van der Waals surface area contributed by atoms with Crippen LogP contribution in [-0.4, -0.2) is 27.3 Å². The quantitative estimate of drug-likeness (QED) is 0.669. The third kappa shape index (κ3) is 1.31. The van der Waals surface area contributed by atoms with Crippen molar-refractivity contribution < 1.29 is 4.74 Å². The maximum absolute atomic E-state index is 11.3. The second kappa shape index (κ2) is 2.98. The van der Waals surface area contributed by atoms with Gasteiger partial charge in [0.25, 0.3) is 5.56 Å². The van der Waals surface area contributed by atoms with E-state index in [9.17, 15) is 4.79 Å². The molecule has 0 aliphatic carbocycles. The van der Waals surface area contributed by atoms with Gasteiger partial charge in [-0.1, -0.05) is 0 Å². The number of H-pyrrole nitrogens is 2. The first-order valence-corrected chi connectivity index (χ1v) is 3.72. The Morgan fingerprint density at radius 2 is 2.46 bits per heavy atom. The van der Waals surface area contributed by atoms with Crippen LogP contribution in [0.3, 0.4) is 0 Å². The molecule has 0 aromatic carbocycles. The van der Waals surface area contributed by atoms with Crippen LogP contribution in [0, 0.1) is 0 Å². The van der Waals surface area contributed by atoms with Gasteiger partial charge in [-0.3, -0.25) is 9.89 Å². The number of nitrogens with zero attached hydrogens (tertiary/aromatic N) is 2. The number of ether oxygens (including phenoxy) is 1. The molecular formula is C7H8N4O2. The summed E-state index contributed by atoms with van der Waals surface area (Å²) >= 11 is 0. The molecule has 6 nitrogen and oxygen atoms in total. The zero-order valence-electron chi connectivity index (χ0n) is 7.00. The molecule has 0 bridgehead atoms. The van der Waals surface area contributed by atoms with Gasteiger partial charge in [-0.15, -0.1) is 0 Å². The SMILES string of the molecule is COCc1nc2[nH]ncc2c(=O)[nH]1. The van der Waals surface area contributed by atoms with Crippen molar-refractivity contribution >= 4 is 11.0 Å². The molecule has 0 saturated carbocycles. The number of rotatable bonds is 2. The van der Waals surface area contributed by atoms with E-state index in [1.165, 1.54) is 13.3 Å². The van der Waals surface area contributed by atoms with Crippen molar-refractivity contribution in [1.29, 1.82) is 0 Å². The van der Waals surface area contributed by atoms with Crippen LogP contribution >= 0.6 is 0 Å². The number of hydrogen-bond acceptors (Lipinski definition) is 4. The van der Waals surface area contributed by atoms with Crippen molar-refractivity contribution in [1.82, 2.24) is 20.2 Å². The molecule has 0 amide bonds. The Kier molecular flexibility index (Phi) is 1.82. The minimum absolute atomic E-state index is 0.203. The molecule has 0 atom stereocenters. The first-order chi connectivity index (χ1) is 6.31. The van der Waals surface area contributed by atoms with Gasteiger partial charge in [0.2, 0.25) is 0 Å². The van der Waals surface area contributed by atoms with E-state index in [2.05, 4.69) is 20.2 Å². The molecule has 0 unspecified atom stereocenters. The van der Waals surface area contributed by atoms with E-state index in [1.807, 2.05) is 0 Å². The van der Waals surface area contributed by atoms with Gasteiger partial charge in [0.15, 0.2) is 5.65 Å². The first kappa shape index (κ1) is 7.93. The van der Waals surface area contributed by atoms with Crippen molar-refractivity contribution in [2.45, 2.75) is 6.61 Å². The van der Waals surface area contributed by atoms with Gasteiger partial charge < -0.3 is 9.72 Å². The third-order valence-electron chi connectivity index (χ3n) is 1.65. The second-order valence-electron chi connectivity index (χ2n) is 2.58. The van der Waals surface area contributed by atoms with Crippen molar-refractivity contribution in [3.63, 3.8) is 0 Å². The summed E-state index contributed by atoms with van der Waals surface area (Å²) < 4.78 is 4.84. The molecule has 2 heterocycles. The zero-order valence-corrected chi connectivity index (χ0v) is 7.00. The van der Waals surface area contributed by atoms with Crippen LogP contribution in [0.4, 0.5) is 0 Å². The fourth-order valence-corrected chi connectivity index (χ4v) is 1.10. The molecule has 0 spiro atoms. The van der Waals surface area contributed by atoms with Gasteiger partial charge in [-0.2, -0.15) is 5.10 Å². The summed E-state index contributed by atoms with van der Waals surface area (Å²) in [6, 6.07) is 0. The molecule has 0 radical (unpaired) electrons. The summed E-state index contributed by atoms with van der Waals surface area (Å²) in [4.78, 5) is 18.0. The summed E-state index contributed by atoms with van der Waals surface area (Å²) in [5.74, 6) is 0.490. The number of hydrogen-bond donors (Lipinski definition) is 2. The smallest absolute Gasteiger partial charge is 0.262 e. The standard InChI is InChI=1S/C7H8N4O2/c1-13-3-5-9-6-4(2-8-11-6)7(12)10-5/h2H,3H2,1H3,(H2,8,9,10,11,12). The maximum atomic E-state index is 11.3. The molecule has 2 aromatic heterocycles. The molecule has 2 rings (SSSR count). The molecule has 68 valence electrons. The topological polar surface area (TPSA) is 83.7 Å². The van der Waals surface area contributed by atoms with Crippen molar-refractivity contribution in [3.8, 4) is 0 Å². The lowest BCUT2D eigenvalue weighted by Gasteiger charge is -1.97. The summed E-state index contributed by atoms with van der Waals surface area (Å²) in [7, 11) is 1.54. The lowest BCUT2D eigenvalue weighted by molar-refractivity contribution is 0.178. The van der Waals surface area contributed by atoms with Crippen molar-refractivity contribution in [3.05, 3.63) is 22.4 Å². The van der Waals surface area contributed by atoms with Crippen molar-refractivity contribution in [2.24, 2.45) is 0 Å². The maximum Gasteiger partial charge on any atom is 0.262 e. The minimum atomic E-state index is -0.203. The van der Waals surface area contributed by atoms with Crippen LogP contribution in [0.25, 0.3) is 11.0 Å². The second-order valence-corrected chi connectivity index (χ2v) is 2.58. The molecule has 0 saturated heterocycles. The fraction of sp³-hybridized carbons (Fsp3) is 0.286. The average molecular weight is 180 g/mol. The Hall–Kier alpha value is -1.69. The minimum Gasteiger partial charge on any atom is -0.377 e. The van der Waals surface area contributed by atoms with Gasteiger partial charge in [-0.05, 0) is 0 Å². The van der Waals surface area contributed by atoms with E-state index in [0.717, 1.165) is 0 Å². The van der Waals surface area contributed by atoms with Crippen LogP contribution in [-0.2, 0) is 11.3 Å². The van der Waals surface area contributed by atoms with Gasteiger partial charge in [0.1, 0.15) is 17.8 Å². The highest BCUT2D eigenvalue weighted by Gasteiger charge is 2.03. The number of nitrogens with one attached hydrogen (secondary N) is 2. The highest BCUT2D eigenvalue weighted by Crippen LogP contribution is 2.00. The summed E-state index contributed by atoms with van der Waals surface area (Å²) in [5.41, 5.74) is 0.279. The van der Waals surface area contributed by atoms with Crippen LogP contribution in [0.1, 0.15) is 5.82 Å². The predicted octanol–water partition coefficient (Wildman–Crippen LogP) is -0.207. The van der Waals surface area contributed by atoms with E-state index in [1.54, 1.807) is 0 Å². The van der Waals surface area contributed by atoms with Gasteiger partial charge in [-0.25, -0.2) is 4.98 Å². The van der Waals surface area contributed by atoms with Crippen LogP contribution < -0.4 is 5.56 Å². The third-order valence-corrected chi connectivity index (χ3v) is 1.65. The number of aromatic amines is 2. The number of methoxy groups -OCH3 is 1. The van der Waals surface area contributed by atoms with Gasteiger partial charge >= 0.3 is 0 Å². The molecular weight excluding hydrogens is 172 g/mol. The lowest BCUT2D eigenvalue weighted by atomic mass is 10.4. The molecule has 6 heteroatoms. The van der Waals surface area contributed by atoms with E-state index >= 15 is 0 Å². The molecule has 0 aliphatic heterocycles. The molecule has 2 aromatic rings. The molecule has 2 N–H and O–H groups in total. The summed E-state index contributed by atoms with van der Waals surface area (Å²) in [5, 5.41) is 6.80. The van der Waals surface area contributed by atoms with E-state index in [-0.39, 0.29) is 12.2 Å². The number of fused-ring (bicyclic) bond motifs is 1. The number of aromatic nitrogens is 4. The van der Waals surface area contributed by atoms with E-state index in [0.29, 0.717) is 16.9 Å². The lowest BCUT2D eigenvalue weighted by Crippen LogP contribution is -2.11. The average Bonchev–Trinajstić information content (AvgIpc) is 2.53. The normalized spacial score (nSPS) is 10.8. The first-order valence-electron chi connectivity index (χ1n) is 3.72. The molecule has 0 aliphatic rings. The summed E-state index contributed by atoms with van der Waals surface area (Å²) in [6.45, 7) is 0.282. The Morgan fingerprint density at radius 1 is 1.62 bits per heavy atom. The largest absolute Gasteiger partial charge is 0.377 e.